The van der Waals surface area contributed by atoms with Gasteiger partial charge in [-0.2, -0.15) is 0 Å². The normalized spacial score (nSPS) is 17.6. The number of amides is 2. The Morgan fingerprint density at radius 1 is 1.26 bits per heavy atom. The number of rotatable bonds is 8. The second kappa shape index (κ2) is 9.36. The monoisotopic (exact) mass is 447 g/mol. The maximum absolute atomic E-state index is 12.7. The van der Waals surface area contributed by atoms with Crippen molar-refractivity contribution in [1.29, 1.82) is 0 Å². The predicted molar refractivity (Wildman–Crippen MR) is 113 cm³/mol. The number of benzene rings is 1. The lowest BCUT2D eigenvalue weighted by molar-refractivity contribution is -0.139. The van der Waals surface area contributed by atoms with E-state index in [0.29, 0.717) is 11.5 Å². The Balaban J connectivity index is 1.84. The molecule has 2 heterocycles. The van der Waals surface area contributed by atoms with Crippen LogP contribution in [0.3, 0.4) is 0 Å². The van der Waals surface area contributed by atoms with Gasteiger partial charge in [0.1, 0.15) is 11.8 Å². The molecule has 0 aliphatic carbocycles. The van der Waals surface area contributed by atoms with Crippen LogP contribution in [-0.2, 0) is 19.4 Å². The van der Waals surface area contributed by atoms with Crippen LogP contribution >= 0.6 is 0 Å². The average molecular weight is 448 g/mol. The molecule has 0 spiro atoms. The van der Waals surface area contributed by atoms with Gasteiger partial charge in [-0.3, -0.25) is 0 Å². The van der Waals surface area contributed by atoms with Crippen molar-refractivity contribution in [3.63, 3.8) is 0 Å². The van der Waals surface area contributed by atoms with Crippen LogP contribution in [0.15, 0.2) is 63.2 Å². The molecule has 0 saturated heterocycles. The molecule has 3 rings (SSSR count). The van der Waals surface area contributed by atoms with Crippen LogP contribution in [0, 0.1) is 0 Å². The molecule has 0 radical (unpaired) electrons. The summed E-state index contributed by atoms with van der Waals surface area (Å²) < 4.78 is 33.9. The van der Waals surface area contributed by atoms with Crippen molar-refractivity contribution in [2.24, 2.45) is 0 Å². The van der Waals surface area contributed by atoms with E-state index in [9.17, 15) is 18.0 Å². The molecule has 2 amide bonds. The summed E-state index contributed by atoms with van der Waals surface area (Å²) in [7, 11) is -3.27. The molecule has 9 nitrogen and oxygen atoms in total. The van der Waals surface area contributed by atoms with Crippen LogP contribution < -0.4 is 16.0 Å². The number of esters is 1. The van der Waals surface area contributed by atoms with Gasteiger partial charge >= 0.3 is 12.0 Å². The molecule has 3 N–H and O–H groups in total. The number of urea groups is 1. The summed E-state index contributed by atoms with van der Waals surface area (Å²) in [4.78, 5) is 25.1. The smallest absolute Gasteiger partial charge is 0.338 e. The molecular formula is C21H25N3O6S. The number of hydrogen-bond acceptors (Lipinski definition) is 7. The summed E-state index contributed by atoms with van der Waals surface area (Å²) in [5.74, 6) is -0.141. The van der Waals surface area contributed by atoms with Gasteiger partial charge in [0.05, 0.1) is 23.3 Å². The van der Waals surface area contributed by atoms with Gasteiger partial charge in [0.25, 0.3) is 0 Å². The molecule has 2 aromatic rings. The SMILES string of the molecule is CCOC(=O)C1=C(CN[C@H](C)c2ccc(S(C)(=O)=O)cc2)NC(=O)N[C@H]1c1ccco1. The van der Waals surface area contributed by atoms with E-state index >= 15 is 0 Å². The molecule has 10 heteroatoms. The van der Waals surface area contributed by atoms with Crippen molar-refractivity contribution in [3.05, 3.63) is 65.3 Å². The Labute approximate surface area is 180 Å². The zero-order valence-corrected chi connectivity index (χ0v) is 18.3. The number of carbonyl (C=O) groups is 2. The van der Waals surface area contributed by atoms with Crippen LogP contribution in [0.1, 0.15) is 37.3 Å². The van der Waals surface area contributed by atoms with E-state index in [1.54, 1.807) is 43.3 Å². The van der Waals surface area contributed by atoms with E-state index in [4.69, 9.17) is 9.15 Å². The summed E-state index contributed by atoms with van der Waals surface area (Å²) >= 11 is 0. The minimum absolute atomic E-state index is 0.174. The Hall–Kier alpha value is -3.11. The molecule has 1 aliphatic rings. The maximum atomic E-state index is 12.7. The Morgan fingerprint density at radius 3 is 2.55 bits per heavy atom. The first-order valence-corrected chi connectivity index (χ1v) is 11.6. The van der Waals surface area contributed by atoms with Gasteiger partial charge in [0, 0.05) is 24.5 Å². The van der Waals surface area contributed by atoms with Gasteiger partial charge in [0.15, 0.2) is 9.84 Å². The summed E-state index contributed by atoms with van der Waals surface area (Å²) in [5, 5.41) is 8.62. The molecule has 1 aliphatic heterocycles. The number of sulfone groups is 1. The highest BCUT2D eigenvalue weighted by molar-refractivity contribution is 7.90. The molecule has 166 valence electrons. The largest absolute Gasteiger partial charge is 0.467 e. The lowest BCUT2D eigenvalue weighted by Gasteiger charge is -2.28. The molecule has 2 atom stereocenters. The van der Waals surface area contributed by atoms with Gasteiger partial charge in [0.2, 0.25) is 0 Å². The van der Waals surface area contributed by atoms with Crippen molar-refractivity contribution >= 4 is 21.8 Å². The van der Waals surface area contributed by atoms with E-state index in [-0.39, 0.29) is 29.7 Å². The zero-order valence-electron chi connectivity index (χ0n) is 17.5. The second-order valence-electron chi connectivity index (χ2n) is 7.10. The van der Waals surface area contributed by atoms with Crippen molar-refractivity contribution in [2.45, 2.75) is 30.8 Å². The molecule has 1 aromatic carbocycles. The fraction of sp³-hybridized carbons (Fsp3) is 0.333. The number of nitrogens with one attached hydrogen (secondary N) is 3. The van der Waals surface area contributed by atoms with Gasteiger partial charge < -0.3 is 25.1 Å². The number of carbonyl (C=O) groups excluding carboxylic acids is 2. The summed E-state index contributed by atoms with van der Waals surface area (Å²) in [6.07, 6.45) is 2.62. The van der Waals surface area contributed by atoms with Crippen LogP contribution in [0.4, 0.5) is 4.79 Å². The third-order valence-electron chi connectivity index (χ3n) is 4.87. The van der Waals surface area contributed by atoms with Crippen molar-refractivity contribution < 1.29 is 27.2 Å². The van der Waals surface area contributed by atoms with E-state index in [1.807, 2.05) is 6.92 Å². The predicted octanol–water partition coefficient (Wildman–Crippen LogP) is 2.21. The molecule has 1 aromatic heterocycles. The number of ether oxygens (including phenoxy) is 1. The van der Waals surface area contributed by atoms with E-state index in [0.717, 1.165) is 11.8 Å². The third kappa shape index (κ3) is 5.33. The van der Waals surface area contributed by atoms with Gasteiger partial charge in [-0.1, -0.05) is 12.1 Å². The zero-order chi connectivity index (χ0) is 22.6. The van der Waals surface area contributed by atoms with Crippen molar-refractivity contribution in [1.82, 2.24) is 16.0 Å². The minimum atomic E-state index is -3.27. The summed E-state index contributed by atoms with van der Waals surface area (Å²) in [6, 6.07) is 8.47. The molecule has 0 unspecified atom stereocenters. The van der Waals surface area contributed by atoms with E-state index in [2.05, 4.69) is 16.0 Å². The Kier molecular flexibility index (Phi) is 6.81. The quantitative estimate of drug-likeness (QED) is 0.530. The third-order valence-corrected chi connectivity index (χ3v) is 6.00. The van der Waals surface area contributed by atoms with Crippen molar-refractivity contribution in [2.75, 3.05) is 19.4 Å². The average Bonchev–Trinajstić information content (AvgIpc) is 3.26. The highest BCUT2D eigenvalue weighted by atomic mass is 32.2. The molecule has 0 fully saturated rings. The standard InChI is InChI=1S/C21H25N3O6S/c1-4-29-20(25)18-16(23-21(26)24-19(18)17-6-5-11-30-17)12-22-13(2)14-7-9-15(10-8-14)31(3,27)28/h5-11,13,19,22H,4,12H2,1-3H3,(H2,23,24,26)/t13-,19+/m1/s1. The molecule has 0 saturated carbocycles. The van der Waals surface area contributed by atoms with Crippen LogP contribution in [0.25, 0.3) is 0 Å². The lowest BCUT2D eigenvalue weighted by atomic mass is 9.99. The number of hydrogen-bond donors (Lipinski definition) is 3. The van der Waals surface area contributed by atoms with Crippen LogP contribution in [-0.4, -0.2) is 39.8 Å². The summed E-state index contributed by atoms with van der Waals surface area (Å²) in [6.45, 7) is 3.96. The fourth-order valence-electron chi connectivity index (χ4n) is 3.25. The molecule has 31 heavy (non-hydrogen) atoms. The topological polar surface area (TPSA) is 127 Å². The first kappa shape index (κ1) is 22.6. The van der Waals surface area contributed by atoms with E-state index < -0.39 is 27.9 Å². The van der Waals surface area contributed by atoms with Gasteiger partial charge in [-0.25, -0.2) is 18.0 Å². The summed E-state index contributed by atoms with van der Waals surface area (Å²) in [5.41, 5.74) is 1.49. The highest BCUT2D eigenvalue weighted by Crippen LogP contribution is 2.28. The van der Waals surface area contributed by atoms with E-state index in [1.165, 1.54) is 6.26 Å². The second-order valence-corrected chi connectivity index (χ2v) is 9.12. The highest BCUT2D eigenvalue weighted by Gasteiger charge is 2.35. The Bertz CT molecular complexity index is 1070. The van der Waals surface area contributed by atoms with Crippen molar-refractivity contribution in [3.8, 4) is 0 Å². The maximum Gasteiger partial charge on any atom is 0.338 e. The van der Waals surface area contributed by atoms with Crippen LogP contribution in [0.5, 0.6) is 0 Å². The minimum Gasteiger partial charge on any atom is -0.467 e. The lowest BCUT2D eigenvalue weighted by Crippen LogP contribution is -2.48. The first-order chi connectivity index (χ1) is 14.7. The first-order valence-electron chi connectivity index (χ1n) is 9.75. The number of furan rings is 1. The fourth-order valence-corrected chi connectivity index (χ4v) is 3.88. The Morgan fingerprint density at radius 2 is 1.97 bits per heavy atom. The molecular weight excluding hydrogens is 422 g/mol. The van der Waals surface area contributed by atoms with Crippen LogP contribution in [0.2, 0.25) is 0 Å². The van der Waals surface area contributed by atoms with Gasteiger partial charge in [-0.15, -0.1) is 0 Å². The molecule has 0 bridgehead atoms. The van der Waals surface area contributed by atoms with Gasteiger partial charge in [-0.05, 0) is 43.7 Å².